The molecule has 0 saturated heterocycles. The van der Waals surface area contributed by atoms with Crippen molar-refractivity contribution in [2.75, 3.05) is 0 Å². The fourth-order valence-electron chi connectivity index (χ4n) is 0.974. The Morgan fingerprint density at radius 1 is 1.44 bits per heavy atom. The zero-order chi connectivity index (χ0) is 12.2. The van der Waals surface area contributed by atoms with Gasteiger partial charge in [-0.15, -0.1) is 4.83 Å². The Labute approximate surface area is 94.8 Å². The maximum Gasteiger partial charge on any atom is 0.248 e. The number of phenolic OH excluding ortho intramolecular Hbond substituents is 1. The maximum absolute atomic E-state index is 11.3. The Morgan fingerprint density at radius 2 is 2.06 bits per heavy atom. The zero-order valence-electron chi connectivity index (χ0n) is 8.90. The van der Waals surface area contributed by atoms with Crippen molar-refractivity contribution >= 4 is 10.0 Å². The first-order valence-electron chi connectivity index (χ1n) is 4.60. The SMILES string of the molecule is C=C(C)S(=O)(=O)NNCc1ccccc1O. The largest absolute Gasteiger partial charge is 0.508 e. The van der Waals surface area contributed by atoms with Crippen LogP contribution in [0.1, 0.15) is 12.5 Å². The molecular weight excluding hydrogens is 228 g/mol. The Balaban J connectivity index is 2.55. The molecule has 0 aliphatic carbocycles. The lowest BCUT2D eigenvalue weighted by Gasteiger charge is -2.08. The predicted octanol–water partition coefficient (Wildman–Crippen LogP) is 0.850. The van der Waals surface area contributed by atoms with Gasteiger partial charge in [0.25, 0.3) is 0 Å². The number of sulfonamides is 1. The van der Waals surface area contributed by atoms with Crippen LogP contribution in [-0.4, -0.2) is 13.5 Å². The first-order chi connectivity index (χ1) is 7.43. The monoisotopic (exact) mass is 242 g/mol. The summed E-state index contributed by atoms with van der Waals surface area (Å²) in [6.07, 6.45) is 0. The number of hydrogen-bond donors (Lipinski definition) is 3. The normalized spacial score (nSPS) is 11.3. The smallest absolute Gasteiger partial charge is 0.248 e. The molecule has 16 heavy (non-hydrogen) atoms. The van der Waals surface area contributed by atoms with Crippen LogP contribution < -0.4 is 10.3 Å². The minimum atomic E-state index is -3.52. The van der Waals surface area contributed by atoms with Crippen LogP contribution in [0.5, 0.6) is 5.75 Å². The third-order valence-electron chi connectivity index (χ3n) is 1.94. The lowest BCUT2D eigenvalue weighted by atomic mass is 10.2. The summed E-state index contributed by atoms with van der Waals surface area (Å²) in [6, 6.07) is 6.67. The Kier molecular flexibility index (Phi) is 4.05. The van der Waals surface area contributed by atoms with Crippen LogP contribution in [0.15, 0.2) is 35.7 Å². The van der Waals surface area contributed by atoms with Gasteiger partial charge in [0, 0.05) is 12.1 Å². The van der Waals surface area contributed by atoms with Gasteiger partial charge in [0.1, 0.15) is 5.75 Å². The molecule has 0 atom stereocenters. The molecule has 0 amide bonds. The van der Waals surface area contributed by atoms with E-state index in [1.165, 1.54) is 13.0 Å². The third-order valence-corrected chi connectivity index (χ3v) is 3.27. The van der Waals surface area contributed by atoms with Gasteiger partial charge in [0.15, 0.2) is 0 Å². The minimum absolute atomic E-state index is 0.0253. The number of aromatic hydroxyl groups is 1. The van der Waals surface area contributed by atoms with Crippen LogP contribution in [0.2, 0.25) is 0 Å². The van der Waals surface area contributed by atoms with Gasteiger partial charge in [0.05, 0.1) is 4.91 Å². The van der Waals surface area contributed by atoms with E-state index in [2.05, 4.69) is 16.8 Å². The molecule has 0 aromatic heterocycles. The highest BCUT2D eigenvalue weighted by Gasteiger charge is 2.09. The van der Waals surface area contributed by atoms with E-state index < -0.39 is 10.0 Å². The van der Waals surface area contributed by atoms with Crippen molar-refractivity contribution in [3.8, 4) is 5.75 Å². The highest BCUT2D eigenvalue weighted by molar-refractivity contribution is 7.93. The second-order valence-electron chi connectivity index (χ2n) is 3.29. The van der Waals surface area contributed by atoms with E-state index in [4.69, 9.17) is 0 Å². The van der Waals surface area contributed by atoms with Crippen LogP contribution in [0.25, 0.3) is 0 Å². The number of nitrogens with one attached hydrogen (secondary N) is 2. The van der Waals surface area contributed by atoms with E-state index in [1.54, 1.807) is 18.2 Å². The molecule has 1 aromatic rings. The number of phenols is 1. The highest BCUT2D eigenvalue weighted by Crippen LogP contribution is 2.14. The van der Waals surface area contributed by atoms with Gasteiger partial charge in [-0.05, 0) is 13.0 Å². The van der Waals surface area contributed by atoms with E-state index in [1.807, 2.05) is 0 Å². The molecule has 0 spiro atoms. The summed E-state index contributed by atoms with van der Waals surface area (Å²) in [5, 5.41) is 9.41. The summed E-state index contributed by atoms with van der Waals surface area (Å²) in [5.41, 5.74) is 3.11. The first-order valence-corrected chi connectivity index (χ1v) is 6.09. The van der Waals surface area contributed by atoms with Gasteiger partial charge in [0.2, 0.25) is 10.0 Å². The van der Waals surface area contributed by atoms with Gasteiger partial charge in [-0.2, -0.15) is 0 Å². The van der Waals surface area contributed by atoms with Gasteiger partial charge < -0.3 is 5.11 Å². The molecule has 5 nitrogen and oxygen atoms in total. The van der Waals surface area contributed by atoms with Crippen LogP contribution in [0.3, 0.4) is 0 Å². The summed E-state index contributed by atoms with van der Waals surface area (Å²) in [5.74, 6) is 0.115. The molecule has 0 unspecified atom stereocenters. The van der Waals surface area contributed by atoms with Crippen molar-refractivity contribution in [3.05, 3.63) is 41.3 Å². The fourth-order valence-corrected chi connectivity index (χ4v) is 1.41. The molecule has 0 aliphatic rings. The number of hydrazine groups is 1. The second kappa shape index (κ2) is 5.11. The maximum atomic E-state index is 11.3. The van der Waals surface area contributed by atoms with Crippen molar-refractivity contribution < 1.29 is 13.5 Å². The lowest BCUT2D eigenvalue weighted by molar-refractivity contribution is 0.462. The van der Waals surface area contributed by atoms with E-state index in [9.17, 15) is 13.5 Å². The van der Waals surface area contributed by atoms with Gasteiger partial charge >= 0.3 is 0 Å². The molecule has 1 aromatic carbocycles. The van der Waals surface area contributed by atoms with E-state index in [0.717, 1.165) is 0 Å². The fraction of sp³-hybridized carbons (Fsp3) is 0.200. The van der Waals surface area contributed by atoms with Crippen LogP contribution >= 0.6 is 0 Å². The Bertz CT molecular complexity index is 483. The summed E-state index contributed by atoms with van der Waals surface area (Å²) in [4.78, 5) is 2.17. The summed E-state index contributed by atoms with van der Waals surface area (Å²) in [7, 11) is -3.52. The molecule has 0 fully saturated rings. The van der Waals surface area contributed by atoms with Crippen molar-refractivity contribution in [1.82, 2.24) is 10.3 Å². The minimum Gasteiger partial charge on any atom is -0.508 e. The van der Waals surface area contributed by atoms with Gasteiger partial charge in [-0.1, -0.05) is 24.8 Å². The number of rotatable bonds is 5. The van der Waals surface area contributed by atoms with Gasteiger partial charge in [-0.25, -0.2) is 13.8 Å². The average molecular weight is 242 g/mol. The molecular formula is C10H14N2O3S. The van der Waals surface area contributed by atoms with Crippen LogP contribution in [-0.2, 0) is 16.6 Å². The number of benzene rings is 1. The van der Waals surface area contributed by atoms with Gasteiger partial charge in [-0.3, -0.25) is 0 Å². The van der Waals surface area contributed by atoms with Crippen LogP contribution in [0.4, 0.5) is 0 Å². The van der Waals surface area contributed by atoms with Crippen molar-refractivity contribution in [3.63, 3.8) is 0 Å². The predicted molar refractivity (Wildman–Crippen MR) is 61.8 cm³/mol. The number of para-hydroxylation sites is 1. The molecule has 0 heterocycles. The van der Waals surface area contributed by atoms with E-state index in [0.29, 0.717) is 5.56 Å². The summed E-state index contributed by atoms with van der Waals surface area (Å²) < 4.78 is 22.5. The third kappa shape index (κ3) is 3.34. The zero-order valence-corrected chi connectivity index (χ0v) is 9.71. The second-order valence-corrected chi connectivity index (χ2v) is 5.20. The Hall–Kier alpha value is -1.37. The first kappa shape index (κ1) is 12.7. The van der Waals surface area contributed by atoms with Crippen LogP contribution in [0, 0.1) is 0 Å². The van der Waals surface area contributed by atoms with Crippen molar-refractivity contribution in [2.45, 2.75) is 13.5 Å². The summed E-state index contributed by atoms with van der Waals surface area (Å²) >= 11 is 0. The molecule has 88 valence electrons. The number of hydrogen-bond acceptors (Lipinski definition) is 4. The molecule has 1 rings (SSSR count). The molecule has 6 heteroatoms. The van der Waals surface area contributed by atoms with E-state index >= 15 is 0 Å². The standard InChI is InChI=1S/C10H14N2O3S/c1-8(2)16(14,15)12-11-7-9-5-3-4-6-10(9)13/h3-6,11-13H,1,7H2,2H3. The summed E-state index contributed by atoms with van der Waals surface area (Å²) in [6.45, 7) is 4.92. The van der Waals surface area contributed by atoms with Crippen molar-refractivity contribution in [2.24, 2.45) is 0 Å². The molecule has 0 radical (unpaired) electrons. The van der Waals surface area contributed by atoms with E-state index in [-0.39, 0.29) is 17.2 Å². The quantitative estimate of drug-likeness (QED) is 0.669. The van der Waals surface area contributed by atoms with Crippen molar-refractivity contribution in [1.29, 1.82) is 0 Å². The Morgan fingerprint density at radius 3 is 2.62 bits per heavy atom. The topological polar surface area (TPSA) is 78.4 Å². The number of allylic oxidation sites excluding steroid dienone is 1. The average Bonchev–Trinajstić information content (AvgIpc) is 2.20. The molecule has 0 bridgehead atoms. The molecule has 0 aliphatic heterocycles. The lowest BCUT2D eigenvalue weighted by Crippen LogP contribution is -2.36. The molecule has 0 saturated carbocycles. The highest BCUT2D eigenvalue weighted by atomic mass is 32.2. The molecule has 3 N–H and O–H groups in total.